The van der Waals surface area contributed by atoms with Crippen LogP contribution in [0.25, 0.3) is 0 Å². The number of β-lactam (4-membered cyclic amide) rings is 1. The third-order valence-corrected chi connectivity index (χ3v) is 10.7. The minimum Gasteiger partial charge on any atom is -0.446 e. The van der Waals surface area contributed by atoms with Crippen LogP contribution in [0.15, 0.2) is 17.0 Å². The smallest absolute Gasteiger partial charge is 0.251 e. The van der Waals surface area contributed by atoms with Gasteiger partial charge < -0.3 is 14.2 Å². The number of hydrogen-bond acceptors (Lipinski definition) is 4. The zero-order chi connectivity index (χ0) is 15.8. The van der Waals surface area contributed by atoms with Crippen LogP contribution in [0.1, 0.15) is 53.3 Å². The van der Waals surface area contributed by atoms with Crippen molar-refractivity contribution in [1.29, 1.82) is 0 Å². The second-order valence-corrected chi connectivity index (χ2v) is 12.2. The van der Waals surface area contributed by atoms with Crippen molar-refractivity contribution in [3.05, 3.63) is 18.4 Å². The quantitative estimate of drug-likeness (QED) is 0.646. The van der Waals surface area contributed by atoms with Gasteiger partial charge in [0.1, 0.15) is 11.8 Å². The molecule has 0 unspecified atom stereocenters. The van der Waals surface area contributed by atoms with Crippen LogP contribution in [-0.2, 0) is 9.22 Å². The van der Waals surface area contributed by atoms with Crippen molar-refractivity contribution in [3.8, 4) is 0 Å². The molecular weight excluding hydrogens is 284 g/mol. The molecule has 2 rings (SSSR count). The molecule has 21 heavy (non-hydrogen) atoms. The Bertz CT molecular complexity index is 463. The maximum absolute atomic E-state index is 12.0. The second kappa shape index (κ2) is 5.92. The van der Waals surface area contributed by atoms with Gasteiger partial charge in [-0.05, 0) is 16.6 Å². The lowest BCUT2D eigenvalue weighted by molar-refractivity contribution is -0.142. The van der Waals surface area contributed by atoms with Gasteiger partial charge in [0.2, 0.25) is 8.32 Å². The number of nitrogens with zero attached hydrogens (tertiary/aromatic N) is 1. The van der Waals surface area contributed by atoms with Crippen molar-refractivity contribution < 1.29 is 13.6 Å². The molecule has 1 fully saturated rings. The highest BCUT2D eigenvalue weighted by Crippen LogP contribution is 2.45. The first kappa shape index (κ1) is 16.2. The van der Waals surface area contributed by atoms with Gasteiger partial charge in [0.05, 0.1) is 6.20 Å². The van der Waals surface area contributed by atoms with E-state index in [0.717, 1.165) is 0 Å². The highest BCUT2D eigenvalue weighted by atomic mass is 28.4. The molecule has 1 aliphatic heterocycles. The van der Waals surface area contributed by atoms with E-state index < -0.39 is 14.4 Å². The molecule has 0 spiro atoms. The Morgan fingerprint density at radius 3 is 2.14 bits per heavy atom. The minimum atomic E-state index is -2.08. The van der Waals surface area contributed by atoms with Gasteiger partial charge in [-0.25, -0.2) is 4.98 Å². The van der Waals surface area contributed by atoms with Crippen LogP contribution < -0.4 is 5.32 Å². The van der Waals surface area contributed by atoms with Crippen LogP contribution in [0.2, 0.25) is 16.6 Å². The van der Waals surface area contributed by atoms with Crippen LogP contribution in [0, 0.1) is 0 Å². The van der Waals surface area contributed by atoms with E-state index in [1.54, 1.807) is 6.20 Å². The molecule has 0 aromatic carbocycles. The van der Waals surface area contributed by atoms with Crippen molar-refractivity contribution in [1.82, 2.24) is 10.3 Å². The molecule has 0 radical (unpaired) electrons. The molecule has 0 aliphatic carbocycles. The molecule has 1 aliphatic rings. The topological polar surface area (TPSA) is 64.4 Å². The molecule has 1 N–H and O–H groups in total. The van der Waals surface area contributed by atoms with Crippen molar-refractivity contribution in [3.63, 3.8) is 0 Å². The van der Waals surface area contributed by atoms with Crippen LogP contribution in [0.5, 0.6) is 0 Å². The summed E-state index contributed by atoms with van der Waals surface area (Å²) >= 11 is 0. The molecule has 1 aromatic rings. The summed E-state index contributed by atoms with van der Waals surface area (Å²) in [6.07, 6.45) is 2.58. The Morgan fingerprint density at radius 2 is 1.76 bits per heavy atom. The summed E-state index contributed by atoms with van der Waals surface area (Å²) in [6.45, 7) is 13.3. The molecule has 0 bridgehead atoms. The summed E-state index contributed by atoms with van der Waals surface area (Å²) in [6, 6.07) is -0.205. The lowest BCUT2D eigenvalue weighted by Crippen LogP contribution is -2.63. The predicted molar refractivity (Wildman–Crippen MR) is 83.3 cm³/mol. The van der Waals surface area contributed by atoms with Gasteiger partial charge in [-0.2, -0.15) is 0 Å². The second-order valence-electron chi connectivity index (χ2n) is 6.75. The monoisotopic (exact) mass is 310 g/mol. The molecule has 2 atom stereocenters. The first-order valence-corrected chi connectivity index (χ1v) is 9.81. The molecular formula is C15H26N2O3Si. The maximum Gasteiger partial charge on any atom is 0.251 e. The molecule has 6 heteroatoms. The Hall–Kier alpha value is -1.14. The zero-order valence-electron chi connectivity index (χ0n) is 13.7. The molecule has 0 saturated carbocycles. The van der Waals surface area contributed by atoms with E-state index in [1.165, 1.54) is 6.39 Å². The Labute approximate surface area is 127 Å². The van der Waals surface area contributed by atoms with Gasteiger partial charge >= 0.3 is 0 Å². The molecule has 2 heterocycles. The zero-order valence-corrected chi connectivity index (χ0v) is 14.7. The maximum atomic E-state index is 12.0. The Balaban J connectivity index is 2.25. The summed E-state index contributed by atoms with van der Waals surface area (Å²) < 4.78 is 11.9. The van der Waals surface area contributed by atoms with Crippen LogP contribution in [0.4, 0.5) is 0 Å². The number of aromatic nitrogens is 1. The highest BCUT2D eigenvalue weighted by molar-refractivity contribution is 6.77. The SMILES string of the molecule is CC(C)[Si](O[C@H]1C(=O)N[C@H]1c1cnco1)(C(C)C)C(C)C. The summed E-state index contributed by atoms with van der Waals surface area (Å²) in [4.78, 5) is 15.9. The predicted octanol–water partition coefficient (Wildman–Crippen LogP) is 3.41. The first-order chi connectivity index (χ1) is 9.80. The molecule has 1 aromatic heterocycles. The third kappa shape index (κ3) is 2.66. The van der Waals surface area contributed by atoms with E-state index in [2.05, 4.69) is 51.8 Å². The number of amides is 1. The fourth-order valence-electron chi connectivity index (χ4n) is 3.72. The van der Waals surface area contributed by atoms with Crippen molar-refractivity contribution in [2.45, 2.75) is 70.3 Å². The molecule has 118 valence electrons. The Morgan fingerprint density at radius 1 is 1.19 bits per heavy atom. The van der Waals surface area contributed by atoms with Gasteiger partial charge in [-0.3, -0.25) is 4.79 Å². The molecule has 1 amide bonds. The van der Waals surface area contributed by atoms with Crippen LogP contribution in [-0.4, -0.2) is 25.3 Å². The fourth-order valence-corrected chi connectivity index (χ4v) is 9.21. The van der Waals surface area contributed by atoms with E-state index in [1.807, 2.05) is 0 Å². The lowest BCUT2D eigenvalue weighted by atomic mass is 10.0. The van der Waals surface area contributed by atoms with E-state index in [9.17, 15) is 4.79 Å². The van der Waals surface area contributed by atoms with Crippen LogP contribution in [0.3, 0.4) is 0 Å². The van der Waals surface area contributed by atoms with Gasteiger partial charge in [0, 0.05) is 0 Å². The minimum absolute atomic E-state index is 0.0461. The molecule has 5 nitrogen and oxygen atoms in total. The normalized spacial score (nSPS) is 22.8. The fraction of sp³-hybridized carbons (Fsp3) is 0.733. The van der Waals surface area contributed by atoms with E-state index in [-0.39, 0.29) is 11.9 Å². The van der Waals surface area contributed by atoms with E-state index in [4.69, 9.17) is 8.84 Å². The van der Waals surface area contributed by atoms with Crippen molar-refractivity contribution in [2.75, 3.05) is 0 Å². The number of oxazole rings is 1. The van der Waals surface area contributed by atoms with Crippen molar-refractivity contribution in [2.24, 2.45) is 0 Å². The highest BCUT2D eigenvalue weighted by Gasteiger charge is 2.53. The standard InChI is InChI=1S/C15H26N2O3Si/c1-9(2)21(10(3)4,11(5)6)20-14-13(17-15(14)18)12-7-16-8-19-12/h7-11,13-14H,1-6H3,(H,17,18)/t13-,14+/m0/s1. The summed E-state index contributed by atoms with van der Waals surface area (Å²) in [5.74, 6) is 0.619. The summed E-state index contributed by atoms with van der Waals surface area (Å²) in [5.41, 5.74) is 1.34. The number of carbonyl (C=O) groups excluding carboxylic acids is 1. The van der Waals surface area contributed by atoms with E-state index in [0.29, 0.717) is 22.4 Å². The number of hydrogen-bond donors (Lipinski definition) is 1. The largest absolute Gasteiger partial charge is 0.446 e. The van der Waals surface area contributed by atoms with Gasteiger partial charge in [-0.1, -0.05) is 41.5 Å². The van der Waals surface area contributed by atoms with E-state index >= 15 is 0 Å². The first-order valence-electron chi connectivity index (χ1n) is 7.67. The lowest BCUT2D eigenvalue weighted by Gasteiger charge is -2.48. The summed E-state index contributed by atoms with van der Waals surface area (Å²) in [5, 5.41) is 2.86. The van der Waals surface area contributed by atoms with Gasteiger partial charge in [-0.15, -0.1) is 0 Å². The van der Waals surface area contributed by atoms with Gasteiger partial charge in [0.15, 0.2) is 12.5 Å². The van der Waals surface area contributed by atoms with Crippen LogP contribution >= 0.6 is 0 Å². The molecule has 1 saturated heterocycles. The van der Waals surface area contributed by atoms with Gasteiger partial charge in [0.25, 0.3) is 5.91 Å². The average Bonchev–Trinajstić information content (AvgIpc) is 2.88. The summed E-state index contributed by atoms with van der Waals surface area (Å²) in [7, 11) is -2.08. The van der Waals surface area contributed by atoms with Crippen molar-refractivity contribution >= 4 is 14.2 Å². The third-order valence-electron chi connectivity index (χ3n) is 4.66. The average molecular weight is 310 g/mol. The number of rotatable bonds is 6. The Kier molecular flexibility index (Phi) is 4.58. The number of nitrogens with one attached hydrogen (secondary N) is 1. The number of carbonyl (C=O) groups is 1.